The van der Waals surface area contributed by atoms with Crippen molar-refractivity contribution in [3.05, 3.63) is 29.8 Å². The van der Waals surface area contributed by atoms with E-state index in [2.05, 4.69) is 17.2 Å². The smallest absolute Gasteiger partial charge is 0.243 e. The van der Waals surface area contributed by atoms with Crippen molar-refractivity contribution < 1.29 is 18.3 Å². The molecular formula is C14H18N2O4S. The first-order valence-corrected chi connectivity index (χ1v) is 7.80. The maximum atomic E-state index is 12.5. The molecule has 0 saturated carbocycles. The van der Waals surface area contributed by atoms with Crippen molar-refractivity contribution in [3.63, 3.8) is 0 Å². The molecule has 0 bridgehead atoms. The highest BCUT2D eigenvalue weighted by molar-refractivity contribution is 7.89. The Morgan fingerprint density at radius 1 is 1.43 bits per heavy atom. The average molecular weight is 310 g/mol. The molecule has 0 saturated heterocycles. The van der Waals surface area contributed by atoms with Gasteiger partial charge in [-0.2, -0.15) is 4.31 Å². The van der Waals surface area contributed by atoms with Crippen LogP contribution >= 0.6 is 0 Å². The van der Waals surface area contributed by atoms with Crippen molar-refractivity contribution >= 4 is 15.9 Å². The largest absolute Gasteiger partial charge is 0.384 e. The Morgan fingerprint density at radius 3 is 2.71 bits per heavy atom. The molecule has 0 unspecified atom stereocenters. The van der Waals surface area contributed by atoms with Crippen LogP contribution in [0.2, 0.25) is 0 Å². The van der Waals surface area contributed by atoms with Crippen molar-refractivity contribution in [3.8, 4) is 11.8 Å². The molecular weight excluding hydrogens is 292 g/mol. The monoisotopic (exact) mass is 310 g/mol. The Morgan fingerprint density at radius 2 is 2.14 bits per heavy atom. The Balaban J connectivity index is 3.13. The molecule has 0 spiro atoms. The van der Waals surface area contributed by atoms with Crippen LogP contribution in [-0.4, -0.2) is 50.5 Å². The van der Waals surface area contributed by atoms with E-state index in [-0.39, 0.29) is 30.5 Å². The minimum absolute atomic E-state index is 0.0676. The summed E-state index contributed by atoms with van der Waals surface area (Å²) in [6.45, 7) is 1.31. The normalized spacial score (nSPS) is 10.9. The van der Waals surface area contributed by atoms with E-state index >= 15 is 0 Å². The van der Waals surface area contributed by atoms with E-state index in [1.165, 1.54) is 19.2 Å². The van der Waals surface area contributed by atoms with Gasteiger partial charge in [0, 0.05) is 19.2 Å². The number of nitrogens with one attached hydrogen (secondary N) is 1. The van der Waals surface area contributed by atoms with Crippen molar-refractivity contribution in [2.75, 3.05) is 26.7 Å². The number of carbonyl (C=O) groups is 1. The van der Waals surface area contributed by atoms with Gasteiger partial charge in [0.1, 0.15) is 6.61 Å². The molecule has 114 valence electrons. The second kappa shape index (κ2) is 7.78. The molecule has 1 aromatic carbocycles. The van der Waals surface area contributed by atoms with Gasteiger partial charge in [-0.3, -0.25) is 4.79 Å². The number of aliphatic hydroxyl groups excluding tert-OH is 1. The third-order valence-electron chi connectivity index (χ3n) is 2.74. The predicted molar refractivity (Wildman–Crippen MR) is 78.9 cm³/mol. The summed E-state index contributed by atoms with van der Waals surface area (Å²) in [6.07, 6.45) is 0. The molecule has 1 rings (SSSR count). The highest BCUT2D eigenvalue weighted by Crippen LogP contribution is 2.16. The van der Waals surface area contributed by atoms with Crippen molar-refractivity contribution in [2.45, 2.75) is 11.8 Å². The number of sulfonamides is 1. The summed E-state index contributed by atoms with van der Waals surface area (Å²) in [7, 11) is -2.31. The van der Waals surface area contributed by atoms with Gasteiger partial charge in [-0.05, 0) is 18.2 Å². The first-order chi connectivity index (χ1) is 9.95. The summed E-state index contributed by atoms with van der Waals surface area (Å²) < 4.78 is 26.1. The standard InChI is InChI=1S/C14H18N2O4S/c1-3-16(11-14(18)15-2)21(19,20)13-8-4-6-12(10-13)7-5-9-17/h4,6,8,10,17H,3,9,11H2,1-2H3,(H,15,18). The van der Waals surface area contributed by atoms with Crippen LogP contribution in [0.5, 0.6) is 0 Å². The van der Waals surface area contributed by atoms with Crippen LogP contribution in [-0.2, 0) is 14.8 Å². The minimum atomic E-state index is -3.76. The molecule has 0 aliphatic heterocycles. The lowest BCUT2D eigenvalue weighted by Crippen LogP contribution is -2.39. The molecule has 0 atom stereocenters. The van der Waals surface area contributed by atoms with Gasteiger partial charge in [0.05, 0.1) is 11.4 Å². The van der Waals surface area contributed by atoms with E-state index in [0.717, 1.165) is 4.31 Å². The molecule has 6 nitrogen and oxygen atoms in total. The number of carbonyl (C=O) groups excluding carboxylic acids is 1. The van der Waals surface area contributed by atoms with Gasteiger partial charge in [-0.1, -0.05) is 24.8 Å². The van der Waals surface area contributed by atoms with Gasteiger partial charge in [-0.25, -0.2) is 8.42 Å². The second-order valence-electron chi connectivity index (χ2n) is 4.09. The Kier molecular flexibility index (Phi) is 6.37. The molecule has 0 aliphatic rings. The molecule has 1 aromatic rings. The molecule has 7 heteroatoms. The number of nitrogens with zero attached hydrogens (tertiary/aromatic N) is 1. The fourth-order valence-corrected chi connectivity index (χ4v) is 3.08. The topological polar surface area (TPSA) is 86.7 Å². The maximum absolute atomic E-state index is 12.5. The Bertz CT molecular complexity index is 659. The van der Waals surface area contributed by atoms with Crippen LogP contribution in [0.25, 0.3) is 0 Å². The van der Waals surface area contributed by atoms with Crippen LogP contribution in [0.15, 0.2) is 29.2 Å². The molecule has 0 radical (unpaired) electrons. The molecule has 21 heavy (non-hydrogen) atoms. The predicted octanol–water partition coefficient (Wildman–Crippen LogP) is -0.213. The van der Waals surface area contributed by atoms with Crippen molar-refractivity contribution in [1.29, 1.82) is 0 Å². The molecule has 0 aromatic heterocycles. The summed E-state index contributed by atoms with van der Waals surface area (Å²) in [5.41, 5.74) is 0.487. The van der Waals surface area contributed by atoms with Crippen LogP contribution in [0.1, 0.15) is 12.5 Å². The van der Waals surface area contributed by atoms with Gasteiger partial charge in [0.25, 0.3) is 0 Å². The molecule has 0 aliphatic carbocycles. The summed E-state index contributed by atoms with van der Waals surface area (Å²) in [5, 5.41) is 11.1. The van der Waals surface area contributed by atoms with Crippen molar-refractivity contribution in [2.24, 2.45) is 0 Å². The lowest BCUT2D eigenvalue weighted by atomic mass is 10.2. The fraction of sp³-hybridized carbons (Fsp3) is 0.357. The van der Waals surface area contributed by atoms with E-state index in [1.54, 1.807) is 19.1 Å². The number of likely N-dealkylation sites (N-methyl/N-ethyl adjacent to an activating group) is 2. The van der Waals surface area contributed by atoms with Crippen LogP contribution in [0.4, 0.5) is 0 Å². The zero-order chi connectivity index (χ0) is 15.9. The number of hydrogen-bond donors (Lipinski definition) is 2. The Labute approximate surface area is 124 Å². The highest BCUT2D eigenvalue weighted by atomic mass is 32.2. The third kappa shape index (κ3) is 4.56. The number of benzene rings is 1. The van der Waals surface area contributed by atoms with E-state index < -0.39 is 10.0 Å². The van der Waals surface area contributed by atoms with Crippen LogP contribution in [0, 0.1) is 11.8 Å². The first-order valence-electron chi connectivity index (χ1n) is 6.36. The van der Waals surface area contributed by atoms with E-state index in [0.29, 0.717) is 5.56 Å². The summed E-state index contributed by atoms with van der Waals surface area (Å²) in [4.78, 5) is 11.5. The first kappa shape index (κ1) is 17.2. The van der Waals surface area contributed by atoms with Crippen LogP contribution in [0.3, 0.4) is 0 Å². The lowest BCUT2D eigenvalue weighted by Gasteiger charge is -2.19. The number of hydrogen-bond acceptors (Lipinski definition) is 4. The third-order valence-corrected chi connectivity index (χ3v) is 4.65. The minimum Gasteiger partial charge on any atom is -0.384 e. The number of rotatable bonds is 5. The fourth-order valence-electron chi connectivity index (χ4n) is 1.63. The van der Waals surface area contributed by atoms with E-state index in [1.807, 2.05) is 0 Å². The van der Waals surface area contributed by atoms with E-state index in [9.17, 15) is 13.2 Å². The molecule has 2 N–H and O–H groups in total. The van der Waals surface area contributed by atoms with Gasteiger partial charge in [0.2, 0.25) is 15.9 Å². The lowest BCUT2D eigenvalue weighted by molar-refractivity contribution is -0.120. The van der Waals surface area contributed by atoms with Crippen molar-refractivity contribution in [1.82, 2.24) is 9.62 Å². The van der Waals surface area contributed by atoms with Crippen LogP contribution < -0.4 is 5.32 Å². The maximum Gasteiger partial charge on any atom is 0.243 e. The Hall–Kier alpha value is -1.88. The van der Waals surface area contributed by atoms with Gasteiger partial charge in [-0.15, -0.1) is 0 Å². The number of amides is 1. The summed E-state index contributed by atoms with van der Waals surface area (Å²) in [6, 6.07) is 6.09. The summed E-state index contributed by atoms with van der Waals surface area (Å²) >= 11 is 0. The zero-order valence-electron chi connectivity index (χ0n) is 12.0. The van der Waals surface area contributed by atoms with Gasteiger partial charge < -0.3 is 10.4 Å². The second-order valence-corrected chi connectivity index (χ2v) is 6.03. The van der Waals surface area contributed by atoms with Gasteiger partial charge >= 0.3 is 0 Å². The average Bonchev–Trinajstić information content (AvgIpc) is 2.50. The van der Waals surface area contributed by atoms with E-state index in [4.69, 9.17) is 5.11 Å². The zero-order valence-corrected chi connectivity index (χ0v) is 12.8. The quantitative estimate of drug-likeness (QED) is 0.737. The SMILES string of the molecule is CCN(CC(=O)NC)S(=O)(=O)c1cccc(C#CCO)c1. The molecule has 0 heterocycles. The molecule has 1 amide bonds. The molecule has 0 fully saturated rings. The summed E-state index contributed by atoms with van der Waals surface area (Å²) in [5.74, 6) is 4.74. The highest BCUT2D eigenvalue weighted by Gasteiger charge is 2.24. The van der Waals surface area contributed by atoms with Gasteiger partial charge in [0.15, 0.2) is 0 Å². The number of aliphatic hydroxyl groups is 1.